The summed E-state index contributed by atoms with van der Waals surface area (Å²) in [5.74, 6) is -0.890. The van der Waals surface area contributed by atoms with Crippen LogP contribution >= 0.6 is 0 Å². The number of nitroso groups, excluding NO2 is 1. The van der Waals surface area contributed by atoms with Crippen LogP contribution in [0.5, 0.6) is 0 Å². The second-order valence-electron chi connectivity index (χ2n) is 7.13. The van der Waals surface area contributed by atoms with E-state index in [0.29, 0.717) is 30.5 Å². The highest BCUT2D eigenvalue weighted by molar-refractivity contribution is 5.71. The predicted molar refractivity (Wildman–Crippen MR) is 106 cm³/mol. The molecule has 0 radical (unpaired) electrons. The molecule has 1 aromatic heterocycles. The van der Waals surface area contributed by atoms with E-state index >= 15 is 0 Å². The lowest BCUT2D eigenvalue weighted by Crippen LogP contribution is -2.31. The summed E-state index contributed by atoms with van der Waals surface area (Å²) >= 11 is 0. The molecule has 1 aliphatic carbocycles. The summed E-state index contributed by atoms with van der Waals surface area (Å²) in [5.41, 5.74) is 1.71. The number of rotatable bonds is 5. The molecule has 148 valence electrons. The molecule has 0 fully saturated rings. The molecule has 1 heterocycles. The Labute approximate surface area is 166 Å². The lowest BCUT2D eigenvalue weighted by atomic mass is 9.96. The van der Waals surface area contributed by atoms with Gasteiger partial charge in [-0.25, -0.2) is 13.8 Å². The van der Waals surface area contributed by atoms with Gasteiger partial charge in [-0.3, -0.25) is 9.36 Å². The molecule has 4 rings (SSSR count). The topological polar surface area (TPSA) is 64.3 Å². The van der Waals surface area contributed by atoms with E-state index in [1.807, 2.05) is 0 Å². The zero-order chi connectivity index (χ0) is 20.4. The lowest BCUT2D eigenvalue weighted by molar-refractivity contribution is 0.598. The van der Waals surface area contributed by atoms with Crippen LogP contribution in [0.2, 0.25) is 0 Å². The van der Waals surface area contributed by atoms with Crippen molar-refractivity contribution in [2.75, 3.05) is 0 Å². The first-order chi connectivity index (χ1) is 14.1. The van der Waals surface area contributed by atoms with Gasteiger partial charge in [0, 0.05) is 17.7 Å². The van der Waals surface area contributed by atoms with Gasteiger partial charge in [0.25, 0.3) is 5.56 Å². The van der Waals surface area contributed by atoms with Crippen molar-refractivity contribution in [3.05, 3.63) is 86.2 Å². The smallest absolute Gasteiger partial charge is 0.257 e. The summed E-state index contributed by atoms with van der Waals surface area (Å²) in [5, 5.41) is 2.83. The van der Waals surface area contributed by atoms with Crippen molar-refractivity contribution < 1.29 is 8.78 Å². The van der Waals surface area contributed by atoms with E-state index in [4.69, 9.17) is 0 Å². The summed E-state index contributed by atoms with van der Waals surface area (Å²) in [4.78, 5) is 29.2. The fraction of sp³-hybridized carbons (Fsp3) is 0.273. The Kier molecular flexibility index (Phi) is 5.29. The SMILES string of the molecule is O=Nc1c(F)cccc1-c1nc2c(c(=O)n1CCc1cccc(F)c1)CCCC2. The van der Waals surface area contributed by atoms with Crippen molar-refractivity contribution >= 4 is 5.69 Å². The number of aryl methyl sites for hydroxylation is 2. The minimum absolute atomic E-state index is 0.185. The van der Waals surface area contributed by atoms with Crippen molar-refractivity contribution in [2.24, 2.45) is 5.18 Å². The molecule has 0 saturated carbocycles. The first-order valence-corrected chi connectivity index (χ1v) is 9.57. The average molecular weight is 395 g/mol. The van der Waals surface area contributed by atoms with Gasteiger partial charge in [0.15, 0.2) is 11.5 Å². The minimum atomic E-state index is -0.763. The summed E-state index contributed by atoms with van der Waals surface area (Å²) < 4.78 is 29.1. The van der Waals surface area contributed by atoms with Crippen LogP contribution in [0.4, 0.5) is 14.5 Å². The third kappa shape index (κ3) is 3.72. The molecule has 0 N–H and O–H groups in total. The highest BCUT2D eigenvalue weighted by atomic mass is 19.1. The molecule has 0 atom stereocenters. The number of fused-ring (bicyclic) bond motifs is 1. The molecular formula is C22H19F2N3O2. The van der Waals surface area contributed by atoms with Crippen molar-refractivity contribution in [1.82, 2.24) is 9.55 Å². The van der Waals surface area contributed by atoms with E-state index in [9.17, 15) is 18.5 Å². The third-order valence-electron chi connectivity index (χ3n) is 5.27. The van der Waals surface area contributed by atoms with Crippen LogP contribution in [0, 0.1) is 16.5 Å². The van der Waals surface area contributed by atoms with Gasteiger partial charge in [0.2, 0.25) is 0 Å². The number of hydrogen-bond donors (Lipinski definition) is 0. The van der Waals surface area contributed by atoms with Gasteiger partial charge in [-0.15, -0.1) is 4.91 Å². The number of halogens is 2. The van der Waals surface area contributed by atoms with Gasteiger partial charge in [0.1, 0.15) is 11.6 Å². The number of nitrogens with zero attached hydrogens (tertiary/aromatic N) is 3. The molecule has 0 unspecified atom stereocenters. The highest BCUT2D eigenvalue weighted by Gasteiger charge is 2.23. The quantitative estimate of drug-likeness (QED) is 0.588. The Bertz CT molecular complexity index is 1140. The van der Waals surface area contributed by atoms with E-state index < -0.39 is 5.82 Å². The van der Waals surface area contributed by atoms with Crippen molar-refractivity contribution in [1.29, 1.82) is 0 Å². The molecular weight excluding hydrogens is 376 g/mol. The summed E-state index contributed by atoms with van der Waals surface area (Å²) in [6, 6.07) is 10.3. The van der Waals surface area contributed by atoms with Crippen LogP contribution in [-0.2, 0) is 25.8 Å². The van der Waals surface area contributed by atoms with Gasteiger partial charge in [-0.1, -0.05) is 18.2 Å². The Morgan fingerprint density at radius 1 is 1.07 bits per heavy atom. The zero-order valence-corrected chi connectivity index (χ0v) is 15.7. The van der Waals surface area contributed by atoms with E-state index in [1.165, 1.54) is 28.8 Å². The Morgan fingerprint density at radius 2 is 1.86 bits per heavy atom. The monoisotopic (exact) mass is 395 g/mol. The van der Waals surface area contributed by atoms with Crippen molar-refractivity contribution in [3.8, 4) is 11.4 Å². The lowest BCUT2D eigenvalue weighted by Gasteiger charge is -2.20. The molecule has 29 heavy (non-hydrogen) atoms. The summed E-state index contributed by atoms with van der Waals surface area (Å²) in [6.07, 6.45) is 3.54. The van der Waals surface area contributed by atoms with Crippen molar-refractivity contribution in [3.63, 3.8) is 0 Å². The predicted octanol–water partition coefficient (Wildman–Crippen LogP) is 4.71. The van der Waals surface area contributed by atoms with E-state index in [-0.39, 0.29) is 35.0 Å². The largest absolute Gasteiger partial charge is 0.292 e. The standard InChI is InChI=1S/C22H19F2N3O2/c23-15-6-3-5-14(13-15)11-12-27-21(17-8-4-9-18(24)20(17)26-29)25-19-10-2-1-7-16(19)22(27)28/h3-6,8-9,13H,1-2,7,10-12H2. The zero-order valence-electron chi connectivity index (χ0n) is 15.7. The molecule has 0 bridgehead atoms. The molecule has 0 aliphatic heterocycles. The third-order valence-corrected chi connectivity index (χ3v) is 5.27. The summed E-state index contributed by atoms with van der Waals surface area (Å²) in [7, 11) is 0. The van der Waals surface area contributed by atoms with E-state index in [1.54, 1.807) is 12.1 Å². The maximum absolute atomic E-state index is 14.2. The number of benzene rings is 2. The molecule has 0 saturated heterocycles. The molecule has 1 aliphatic rings. The molecule has 3 aromatic rings. The van der Waals surface area contributed by atoms with Gasteiger partial charge in [-0.2, -0.15) is 0 Å². The van der Waals surface area contributed by atoms with Gasteiger partial charge in [0.05, 0.1) is 5.69 Å². The summed E-state index contributed by atoms with van der Waals surface area (Å²) in [6.45, 7) is 0.229. The second kappa shape index (κ2) is 8.03. The number of aromatic nitrogens is 2. The number of hydrogen-bond acceptors (Lipinski definition) is 4. The van der Waals surface area contributed by atoms with Crippen LogP contribution in [0.1, 0.15) is 29.7 Å². The van der Waals surface area contributed by atoms with Gasteiger partial charge >= 0.3 is 0 Å². The van der Waals surface area contributed by atoms with Crippen LogP contribution < -0.4 is 5.56 Å². The molecule has 5 nitrogen and oxygen atoms in total. The van der Waals surface area contributed by atoms with E-state index in [2.05, 4.69) is 10.2 Å². The van der Waals surface area contributed by atoms with Crippen LogP contribution in [-0.4, -0.2) is 9.55 Å². The van der Waals surface area contributed by atoms with Crippen molar-refractivity contribution in [2.45, 2.75) is 38.6 Å². The molecule has 0 spiro atoms. The Hall–Kier alpha value is -3.22. The fourth-order valence-electron chi connectivity index (χ4n) is 3.83. The van der Waals surface area contributed by atoms with Crippen LogP contribution in [0.25, 0.3) is 11.4 Å². The van der Waals surface area contributed by atoms with Crippen LogP contribution in [0.15, 0.2) is 52.4 Å². The van der Waals surface area contributed by atoms with Gasteiger partial charge in [-0.05, 0) is 67.1 Å². The normalized spacial score (nSPS) is 13.2. The first kappa shape index (κ1) is 19.1. The second-order valence-corrected chi connectivity index (χ2v) is 7.13. The Balaban J connectivity index is 1.85. The first-order valence-electron chi connectivity index (χ1n) is 9.57. The maximum atomic E-state index is 14.2. The molecule has 7 heteroatoms. The van der Waals surface area contributed by atoms with Gasteiger partial charge < -0.3 is 0 Å². The fourth-order valence-corrected chi connectivity index (χ4v) is 3.83. The van der Waals surface area contributed by atoms with E-state index in [0.717, 1.165) is 24.5 Å². The highest BCUT2D eigenvalue weighted by Crippen LogP contribution is 2.32. The average Bonchev–Trinajstić information content (AvgIpc) is 2.73. The minimum Gasteiger partial charge on any atom is -0.292 e. The van der Waals surface area contributed by atoms with Crippen LogP contribution in [0.3, 0.4) is 0 Å². The Morgan fingerprint density at radius 3 is 2.66 bits per heavy atom. The molecule has 0 amide bonds. The maximum Gasteiger partial charge on any atom is 0.257 e. The molecule has 2 aromatic carbocycles.